The van der Waals surface area contributed by atoms with E-state index < -0.39 is 29.3 Å². The van der Waals surface area contributed by atoms with Crippen molar-refractivity contribution in [2.45, 2.75) is 6.04 Å². The molecule has 0 radical (unpaired) electrons. The number of methoxy groups -OCH3 is 2. The lowest BCUT2D eigenvalue weighted by atomic mass is 9.95. The monoisotopic (exact) mass is 490 g/mol. The van der Waals surface area contributed by atoms with Gasteiger partial charge in [0.25, 0.3) is 5.78 Å². The minimum Gasteiger partial charge on any atom is -0.507 e. The molecular formula is C26H19FN2O5S. The summed E-state index contributed by atoms with van der Waals surface area (Å²) in [5.41, 5.74) is 0.731. The van der Waals surface area contributed by atoms with Gasteiger partial charge in [0, 0.05) is 11.1 Å². The number of anilines is 1. The van der Waals surface area contributed by atoms with Crippen LogP contribution in [0.3, 0.4) is 0 Å². The maximum Gasteiger partial charge on any atom is 0.301 e. The molecule has 0 spiro atoms. The van der Waals surface area contributed by atoms with E-state index in [1.54, 1.807) is 55.6 Å². The largest absolute Gasteiger partial charge is 0.507 e. The van der Waals surface area contributed by atoms with Gasteiger partial charge >= 0.3 is 5.91 Å². The maximum absolute atomic E-state index is 15.0. The van der Waals surface area contributed by atoms with Crippen molar-refractivity contribution in [3.05, 3.63) is 89.2 Å². The van der Waals surface area contributed by atoms with Crippen LogP contribution in [0.15, 0.2) is 72.3 Å². The summed E-state index contributed by atoms with van der Waals surface area (Å²) >= 11 is 1.17. The number of ether oxygens (including phenoxy) is 2. The second-order valence-electron chi connectivity index (χ2n) is 7.75. The van der Waals surface area contributed by atoms with Crippen molar-refractivity contribution in [3.8, 4) is 11.5 Å². The van der Waals surface area contributed by atoms with Crippen molar-refractivity contribution in [1.29, 1.82) is 0 Å². The van der Waals surface area contributed by atoms with Crippen LogP contribution in [0.25, 0.3) is 16.0 Å². The van der Waals surface area contributed by atoms with Gasteiger partial charge in [-0.1, -0.05) is 29.5 Å². The highest BCUT2D eigenvalue weighted by Crippen LogP contribution is 2.45. The highest BCUT2D eigenvalue weighted by atomic mass is 32.1. The Morgan fingerprint density at radius 2 is 1.69 bits per heavy atom. The first-order valence-corrected chi connectivity index (χ1v) is 11.4. The summed E-state index contributed by atoms with van der Waals surface area (Å²) in [5.74, 6) is -1.70. The highest BCUT2D eigenvalue weighted by molar-refractivity contribution is 7.22. The number of hydrogen-bond acceptors (Lipinski definition) is 7. The van der Waals surface area contributed by atoms with E-state index in [1.165, 1.54) is 36.6 Å². The van der Waals surface area contributed by atoms with Gasteiger partial charge in [-0.15, -0.1) is 0 Å². The predicted molar refractivity (Wildman–Crippen MR) is 130 cm³/mol. The molecule has 3 aromatic carbocycles. The van der Waals surface area contributed by atoms with E-state index in [0.29, 0.717) is 22.6 Å². The second kappa shape index (κ2) is 8.84. The molecule has 7 nitrogen and oxygen atoms in total. The molecule has 5 rings (SSSR count). The Morgan fingerprint density at radius 3 is 2.37 bits per heavy atom. The summed E-state index contributed by atoms with van der Waals surface area (Å²) in [5, 5.41) is 11.4. The van der Waals surface area contributed by atoms with Crippen molar-refractivity contribution in [1.82, 2.24) is 4.98 Å². The normalized spacial score (nSPS) is 17.2. The van der Waals surface area contributed by atoms with Crippen LogP contribution in [0.2, 0.25) is 0 Å². The minimum atomic E-state index is -1.21. The number of rotatable bonds is 5. The Kier molecular flexibility index (Phi) is 5.70. The number of thiazole rings is 1. The van der Waals surface area contributed by atoms with E-state index in [1.807, 2.05) is 0 Å². The average molecular weight is 491 g/mol. The van der Waals surface area contributed by atoms with Crippen molar-refractivity contribution in [2.24, 2.45) is 0 Å². The lowest BCUT2D eigenvalue weighted by molar-refractivity contribution is -0.132. The lowest BCUT2D eigenvalue weighted by Gasteiger charge is -2.23. The van der Waals surface area contributed by atoms with Crippen LogP contribution in [0.1, 0.15) is 17.2 Å². The molecule has 176 valence electrons. The maximum atomic E-state index is 15.0. The molecule has 0 bridgehead atoms. The van der Waals surface area contributed by atoms with E-state index in [2.05, 4.69) is 4.98 Å². The second-order valence-corrected chi connectivity index (χ2v) is 8.76. The molecular weight excluding hydrogens is 471 g/mol. The summed E-state index contributed by atoms with van der Waals surface area (Å²) < 4.78 is 26.2. The van der Waals surface area contributed by atoms with Gasteiger partial charge in [-0.2, -0.15) is 0 Å². The quantitative estimate of drug-likeness (QED) is 0.239. The molecule has 1 aliphatic heterocycles. The van der Waals surface area contributed by atoms with Gasteiger partial charge < -0.3 is 14.6 Å². The molecule has 1 fully saturated rings. The third-order valence-electron chi connectivity index (χ3n) is 5.80. The molecule has 35 heavy (non-hydrogen) atoms. The van der Waals surface area contributed by atoms with Gasteiger partial charge in [0.1, 0.15) is 29.1 Å². The number of halogens is 1. The topological polar surface area (TPSA) is 89.0 Å². The van der Waals surface area contributed by atoms with Crippen LogP contribution in [0, 0.1) is 5.82 Å². The Hall–Kier alpha value is -4.24. The van der Waals surface area contributed by atoms with E-state index in [0.717, 1.165) is 9.60 Å². The smallest absolute Gasteiger partial charge is 0.301 e. The Labute approximate surface area is 203 Å². The van der Waals surface area contributed by atoms with Crippen LogP contribution in [-0.4, -0.2) is 36.0 Å². The fourth-order valence-corrected chi connectivity index (χ4v) is 5.07. The number of amides is 1. The van der Waals surface area contributed by atoms with Crippen LogP contribution in [0.5, 0.6) is 11.5 Å². The van der Waals surface area contributed by atoms with Crippen LogP contribution >= 0.6 is 11.3 Å². The number of hydrogen-bond donors (Lipinski definition) is 1. The first-order chi connectivity index (χ1) is 16.9. The third kappa shape index (κ3) is 3.79. The fourth-order valence-electron chi connectivity index (χ4n) is 4.05. The third-order valence-corrected chi connectivity index (χ3v) is 6.82. The van der Waals surface area contributed by atoms with Crippen molar-refractivity contribution in [2.75, 3.05) is 19.1 Å². The number of aromatic nitrogens is 1. The zero-order valence-electron chi connectivity index (χ0n) is 18.7. The van der Waals surface area contributed by atoms with Crippen LogP contribution in [-0.2, 0) is 9.59 Å². The molecule has 1 atom stereocenters. The van der Waals surface area contributed by atoms with Crippen LogP contribution < -0.4 is 14.4 Å². The number of aliphatic hydroxyl groups excluding tert-OH is 1. The molecule has 1 aliphatic rings. The zero-order valence-corrected chi connectivity index (χ0v) is 19.5. The molecule has 1 saturated heterocycles. The van der Waals surface area contributed by atoms with Crippen molar-refractivity contribution >= 4 is 44.1 Å². The first-order valence-electron chi connectivity index (χ1n) is 10.6. The number of fused-ring (bicyclic) bond motifs is 1. The number of carbonyl (C=O) groups excluding carboxylic acids is 2. The van der Waals surface area contributed by atoms with Gasteiger partial charge in [-0.05, 0) is 48.5 Å². The average Bonchev–Trinajstić information content (AvgIpc) is 3.41. The fraction of sp³-hybridized carbons (Fsp3) is 0.115. The minimum absolute atomic E-state index is 0.0681. The van der Waals surface area contributed by atoms with Gasteiger partial charge in [0.2, 0.25) is 0 Å². The molecule has 0 saturated carbocycles. The highest BCUT2D eigenvalue weighted by Gasteiger charge is 2.49. The molecule has 1 amide bonds. The lowest BCUT2D eigenvalue weighted by Crippen LogP contribution is -2.29. The number of benzene rings is 3. The van der Waals surface area contributed by atoms with Crippen molar-refractivity contribution < 1.29 is 28.6 Å². The number of ketones is 1. The van der Waals surface area contributed by atoms with Gasteiger partial charge in [0.05, 0.1) is 30.0 Å². The van der Waals surface area contributed by atoms with E-state index in [-0.39, 0.29) is 16.3 Å². The Balaban J connectivity index is 1.72. The van der Waals surface area contributed by atoms with Crippen molar-refractivity contribution in [3.63, 3.8) is 0 Å². The number of nitrogens with zero attached hydrogens (tertiary/aromatic N) is 2. The van der Waals surface area contributed by atoms with Gasteiger partial charge in [-0.3, -0.25) is 14.5 Å². The van der Waals surface area contributed by atoms with Crippen LogP contribution in [0.4, 0.5) is 9.52 Å². The van der Waals surface area contributed by atoms with E-state index in [9.17, 15) is 14.7 Å². The molecule has 1 aromatic heterocycles. The molecule has 0 unspecified atom stereocenters. The molecule has 0 aliphatic carbocycles. The van der Waals surface area contributed by atoms with E-state index >= 15 is 4.39 Å². The number of Topliss-reactive ketones (excluding diaryl/α,β-unsaturated/α-hetero) is 1. The van der Waals surface area contributed by atoms with E-state index in [4.69, 9.17) is 9.47 Å². The summed E-state index contributed by atoms with van der Waals surface area (Å²) in [4.78, 5) is 32.2. The summed E-state index contributed by atoms with van der Waals surface area (Å²) in [7, 11) is 3.05. The summed E-state index contributed by atoms with van der Waals surface area (Å²) in [6, 6.07) is 16.2. The summed E-state index contributed by atoms with van der Waals surface area (Å²) in [6.07, 6.45) is 0. The van der Waals surface area contributed by atoms with Gasteiger partial charge in [0.15, 0.2) is 5.13 Å². The SMILES string of the molecule is COc1ccc(/C(O)=C2\C(=O)C(=O)N(c3nc4ccc(OC)cc4s3)[C@@H]2c2ccccc2F)cc1. The first kappa shape index (κ1) is 22.5. The standard InChI is InChI=1S/C26H19FN2O5S/c1-33-15-9-7-14(8-10-15)23(30)21-22(17-5-3-4-6-18(17)27)29(25(32)24(21)31)26-28-19-12-11-16(34-2)13-20(19)35-26/h3-13,22,30H,1-2H3/b23-21+/t22-/m1/s1. The Bertz CT molecular complexity index is 1500. The number of carbonyl (C=O) groups is 2. The Morgan fingerprint density at radius 1 is 1.00 bits per heavy atom. The predicted octanol–water partition coefficient (Wildman–Crippen LogP) is 5.08. The molecule has 1 N–H and O–H groups in total. The number of aliphatic hydroxyl groups is 1. The van der Waals surface area contributed by atoms with Gasteiger partial charge in [-0.25, -0.2) is 9.37 Å². The summed E-state index contributed by atoms with van der Waals surface area (Å²) in [6.45, 7) is 0. The molecule has 9 heteroatoms. The molecule has 2 heterocycles. The molecule has 4 aromatic rings. The zero-order chi connectivity index (χ0) is 24.7.